The number of sulfonamides is 1. The van der Waals surface area contributed by atoms with Crippen molar-refractivity contribution in [3.63, 3.8) is 0 Å². The topological polar surface area (TPSA) is 116 Å². The molecule has 1 unspecified atom stereocenters. The maximum Gasteiger partial charge on any atom is 0.339 e. The highest BCUT2D eigenvalue weighted by Crippen LogP contribution is 2.25. The van der Waals surface area contributed by atoms with Gasteiger partial charge in [-0.25, -0.2) is 18.4 Å². The first-order valence-corrected chi connectivity index (χ1v) is 11.4. The number of halogens is 1. The van der Waals surface area contributed by atoms with E-state index in [-0.39, 0.29) is 10.6 Å². The molecule has 3 aromatic carbocycles. The highest BCUT2D eigenvalue weighted by Gasteiger charge is 2.27. The molecule has 0 aliphatic rings. The lowest BCUT2D eigenvalue weighted by molar-refractivity contribution is -0.125. The summed E-state index contributed by atoms with van der Waals surface area (Å²) in [5.74, 6) is -1.47. The van der Waals surface area contributed by atoms with E-state index in [1.165, 1.54) is 12.1 Å². The van der Waals surface area contributed by atoms with Crippen LogP contribution in [0.4, 0.5) is 5.69 Å². The number of amides is 1. The van der Waals surface area contributed by atoms with Gasteiger partial charge in [-0.05, 0) is 55.3 Å². The van der Waals surface area contributed by atoms with Crippen LogP contribution in [0, 0.1) is 13.8 Å². The van der Waals surface area contributed by atoms with Gasteiger partial charge in [0.15, 0.2) is 0 Å². The van der Waals surface area contributed by atoms with E-state index in [0.717, 1.165) is 17.2 Å². The third-order valence-corrected chi connectivity index (χ3v) is 5.92. The minimum absolute atomic E-state index is 0.112. The number of esters is 1. The Labute approximate surface area is 191 Å². The summed E-state index contributed by atoms with van der Waals surface area (Å²) >= 11 is 5.88. The molecule has 0 saturated carbocycles. The number of aryl methyl sites for hydroxylation is 2. The molecule has 0 spiro atoms. The molecule has 0 bridgehead atoms. The number of carbonyl (C=O) groups excluding carboxylic acids is 2. The normalized spacial score (nSPS) is 12.1. The third-order valence-electron chi connectivity index (χ3n) is 4.53. The first kappa shape index (κ1) is 23.5. The molecule has 166 valence electrons. The Morgan fingerprint density at radius 2 is 1.59 bits per heavy atom. The molecule has 7 nitrogen and oxygen atoms in total. The lowest BCUT2D eigenvalue weighted by atomic mass is 10.1. The van der Waals surface area contributed by atoms with Gasteiger partial charge < -0.3 is 10.1 Å². The lowest BCUT2D eigenvalue weighted by Gasteiger charge is -2.19. The molecule has 9 heteroatoms. The van der Waals surface area contributed by atoms with Gasteiger partial charge in [0.2, 0.25) is 16.1 Å². The van der Waals surface area contributed by atoms with Crippen molar-refractivity contribution in [2.45, 2.75) is 24.8 Å². The zero-order valence-electron chi connectivity index (χ0n) is 17.3. The molecule has 0 fully saturated rings. The molecule has 0 heterocycles. The van der Waals surface area contributed by atoms with Gasteiger partial charge in [0.25, 0.3) is 5.91 Å². The predicted molar refractivity (Wildman–Crippen MR) is 122 cm³/mol. The standard InChI is InChI=1S/C23H21ClN2O5S/c1-14-10-15(2)12-18(11-14)26-22(27)21(16-6-4-3-5-7-16)31-23(28)17-8-9-19(24)20(13-17)32(25,29)30/h3-13,21H,1-2H3,(H,26,27)(H2,25,29,30). The third kappa shape index (κ3) is 5.73. The molecule has 0 aliphatic carbocycles. The van der Waals surface area contributed by atoms with Crippen LogP contribution in [-0.4, -0.2) is 20.3 Å². The second kappa shape index (κ2) is 9.52. The van der Waals surface area contributed by atoms with Crippen molar-refractivity contribution in [3.05, 3.63) is 94.0 Å². The number of ether oxygens (including phenoxy) is 1. The molecule has 0 saturated heterocycles. The van der Waals surface area contributed by atoms with Crippen LogP contribution in [0.5, 0.6) is 0 Å². The Bertz CT molecular complexity index is 1260. The van der Waals surface area contributed by atoms with Gasteiger partial charge in [-0.15, -0.1) is 0 Å². The number of primary sulfonamides is 1. The van der Waals surface area contributed by atoms with Gasteiger partial charge in [-0.2, -0.15) is 0 Å². The quantitative estimate of drug-likeness (QED) is 0.523. The number of hydrogen-bond donors (Lipinski definition) is 2. The Hall–Kier alpha value is -3.20. The molecule has 0 aromatic heterocycles. The summed E-state index contributed by atoms with van der Waals surface area (Å²) in [6.07, 6.45) is -1.28. The van der Waals surface area contributed by atoms with E-state index in [9.17, 15) is 18.0 Å². The summed E-state index contributed by atoms with van der Waals surface area (Å²) in [5, 5.41) is 7.79. The Morgan fingerprint density at radius 1 is 0.969 bits per heavy atom. The first-order chi connectivity index (χ1) is 15.0. The van der Waals surface area contributed by atoms with Crippen molar-refractivity contribution in [1.82, 2.24) is 0 Å². The van der Waals surface area contributed by atoms with E-state index in [1.54, 1.807) is 42.5 Å². The highest BCUT2D eigenvalue weighted by molar-refractivity contribution is 7.89. The van der Waals surface area contributed by atoms with Crippen LogP contribution in [0.3, 0.4) is 0 Å². The second-order valence-electron chi connectivity index (χ2n) is 7.25. The van der Waals surface area contributed by atoms with E-state index in [2.05, 4.69) is 5.32 Å². The van der Waals surface area contributed by atoms with E-state index >= 15 is 0 Å². The minimum atomic E-state index is -4.15. The Morgan fingerprint density at radius 3 is 2.19 bits per heavy atom. The van der Waals surface area contributed by atoms with Crippen molar-refractivity contribution < 1.29 is 22.7 Å². The number of rotatable bonds is 6. The van der Waals surface area contributed by atoms with E-state index < -0.39 is 32.9 Å². The average molecular weight is 473 g/mol. The summed E-state index contributed by atoms with van der Waals surface area (Å²) in [4.78, 5) is 25.4. The van der Waals surface area contributed by atoms with Crippen LogP contribution in [0.25, 0.3) is 0 Å². The zero-order chi connectivity index (χ0) is 23.5. The second-order valence-corrected chi connectivity index (χ2v) is 9.19. The van der Waals surface area contributed by atoms with Gasteiger partial charge in [0.05, 0.1) is 10.6 Å². The van der Waals surface area contributed by atoms with Gasteiger partial charge in [0.1, 0.15) is 4.90 Å². The monoisotopic (exact) mass is 472 g/mol. The van der Waals surface area contributed by atoms with Crippen molar-refractivity contribution in [1.29, 1.82) is 0 Å². The highest BCUT2D eigenvalue weighted by atomic mass is 35.5. The van der Waals surface area contributed by atoms with Gasteiger partial charge in [0, 0.05) is 11.3 Å². The number of nitrogens with two attached hydrogens (primary N) is 1. The minimum Gasteiger partial charge on any atom is -0.444 e. The smallest absolute Gasteiger partial charge is 0.339 e. The average Bonchev–Trinajstić information content (AvgIpc) is 2.71. The van der Waals surface area contributed by atoms with Crippen LogP contribution in [-0.2, 0) is 19.6 Å². The van der Waals surface area contributed by atoms with Gasteiger partial charge in [-0.3, -0.25) is 4.79 Å². The molecule has 0 radical (unpaired) electrons. The van der Waals surface area contributed by atoms with Crippen LogP contribution in [0.2, 0.25) is 5.02 Å². The lowest BCUT2D eigenvalue weighted by Crippen LogP contribution is -2.26. The summed E-state index contributed by atoms with van der Waals surface area (Å²) in [7, 11) is -4.15. The summed E-state index contributed by atoms with van der Waals surface area (Å²) in [6, 6.07) is 17.6. The molecular formula is C23H21ClN2O5S. The first-order valence-electron chi connectivity index (χ1n) is 9.52. The van der Waals surface area contributed by atoms with Crippen LogP contribution in [0.1, 0.15) is 33.2 Å². The fourth-order valence-corrected chi connectivity index (χ4v) is 4.25. The molecule has 1 amide bonds. The van der Waals surface area contributed by atoms with Gasteiger partial charge in [-0.1, -0.05) is 48.0 Å². The maximum absolute atomic E-state index is 13.1. The summed E-state index contributed by atoms with van der Waals surface area (Å²) in [6.45, 7) is 3.81. The fourth-order valence-electron chi connectivity index (χ4n) is 3.18. The van der Waals surface area contributed by atoms with E-state index in [4.69, 9.17) is 21.5 Å². The van der Waals surface area contributed by atoms with Crippen LogP contribution >= 0.6 is 11.6 Å². The summed E-state index contributed by atoms with van der Waals surface area (Å²) in [5.41, 5.74) is 2.82. The zero-order valence-corrected chi connectivity index (χ0v) is 18.9. The van der Waals surface area contributed by atoms with E-state index in [1.807, 2.05) is 19.9 Å². The summed E-state index contributed by atoms with van der Waals surface area (Å²) < 4.78 is 28.9. The fraction of sp³-hybridized carbons (Fsp3) is 0.130. The number of hydrogen-bond acceptors (Lipinski definition) is 5. The molecule has 0 aliphatic heterocycles. The number of carbonyl (C=O) groups is 2. The molecule has 3 N–H and O–H groups in total. The van der Waals surface area contributed by atoms with Crippen molar-refractivity contribution in [2.75, 3.05) is 5.32 Å². The molecule has 3 rings (SSSR count). The molecule has 1 atom stereocenters. The molecular weight excluding hydrogens is 452 g/mol. The Balaban J connectivity index is 1.92. The van der Waals surface area contributed by atoms with Gasteiger partial charge >= 0.3 is 5.97 Å². The van der Waals surface area contributed by atoms with Crippen molar-refractivity contribution >= 4 is 39.2 Å². The SMILES string of the molecule is Cc1cc(C)cc(NC(=O)C(OC(=O)c2ccc(Cl)c(S(N)(=O)=O)c2)c2ccccc2)c1. The van der Waals surface area contributed by atoms with E-state index in [0.29, 0.717) is 11.3 Å². The van der Waals surface area contributed by atoms with Crippen LogP contribution < -0.4 is 10.5 Å². The number of benzene rings is 3. The number of anilines is 1. The van der Waals surface area contributed by atoms with Crippen molar-refractivity contribution in [3.8, 4) is 0 Å². The van der Waals surface area contributed by atoms with Crippen LogP contribution in [0.15, 0.2) is 71.6 Å². The van der Waals surface area contributed by atoms with Crippen molar-refractivity contribution in [2.24, 2.45) is 5.14 Å². The largest absolute Gasteiger partial charge is 0.444 e. The molecule has 32 heavy (non-hydrogen) atoms. The Kier molecular flexibility index (Phi) is 6.98. The predicted octanol–water partition coefficient (Wildman–Crippen LogP) is 4.14. The molecule has 3 aromatic rings. The maximum atomic E-state index is 13.1. The number of nitrogens with one attached hydrogen (secondary N) is 1.